The maximum absolute atomic E-state index is 12.8. The van der Waals surface area contributed by atoms with Gasteiger partial charge in [0.05, 0.1) is 17.4 Å². The molecule has 8 heteroatoms. The molecule has 0 saturated heterocycles. The van der Waals surface area contributed by atoms with E-state index in [0.717, 1.165) is 6.20 Å². The number of nitrogens with one attached hydrogen (secondary N) is 1. The number of para-hydroxylation sites is 1. The largest absolute Gasteiger partial charge is 0.463 e. The lowest BCUT2D eigenvalue weighted by Gasteiger charge is -2.18. The zero-order chi connectivity index (χ0) is 15.0. The second-order valence-corrected chi connectivity index (χ2v) is 3.94. The number of pyridine rings is 1. The van der Waals surface area contributed by atoms with Crippen molar-refractivity contribution in [3.8, 4) is 0 Å². The minimum absolute atomic E-state index is 0.238. The predicted molar refractivity (Wildman–Crippen MR) is 61.4 cm³/mol. The van der Waals surface area contributed by atoms with Gasteiger partial charge < -0.3 is 5.32 Å². The normalized spacial score (nSPS) is 12.4. The summed E-state index contributed by atoms with van der Waals surface area (Å²) in [7, 11) is 0. The lowest BCUT2D eigenvalue weighted by Crippen LogP contribution is -2.47. The molecule has 0 spiro atoms. The van der Waals surface area contributed by atoms with Gasteiger partial charge in [0.25, 0.3) is 0 Å². The zero-order valence-corrected chi connectivity index (χ0v) is 9.71. The second kappa shape index (κ2) is 4.69. The van der Waals surface area contributed by atoms with Crippen LogP contribution in [0.2, 0.25) is 0 Å². The number of benzene rings is 1. The summed E-state index contributed by atoms with van der Waals surface area (Å²) < 4.78 is 61.6. The smallest absolute Gasteiger partial charge is 0.319 e. The van der Waals surface area contributed by atoms with Crippen LogP contribution in [0.3, 0.4) is 0 Å². The Hall–Kier alpha value is -2.25. The van der Waals surface area contributed by atoms with E-state index in [0.29, 0.717) is 10.9 Å². The standard InChI is InChI=1S/C12H7F5N2O/c13-11(14,12(15,16)17)10(20)19-8-5-7-3-1-2-4-9(7)18-6-8/h1-6H,(H,19,20). The lowest BCUT2D eigenvalue weighted by atomic mass is 10.2. The average molecular weight is 290 g/mol. The van der Waals surface area contributed by atoms with Crippen LogP contribution in [-0.4, -0.2) is 23.0 Å². The number of carbonyl (C=O) groups is 1. The molecule has 0 unspecified atom stereocenters. The van der Waals surface area contributed by atoms with Crippen LogP contribution in [0.25, 0.3) is 10.9 Å². The van der Waals surface area contributed by atoms with Crippen molar-refractivity contribution in [3.05, 3.63) is 36.5 Å². The van der Waals surface area contributed by atoms with Crippen molar-refractivity contribution in [2.45, 2.75) is 12.1 Å². The van der Waals surface area contributed by atoms with Crippen LogP contribution in [0.5, 0.6) is 0 Å². The van der Waals surface area contributed by atoms with Gasteiger partial charge in [-0.3, -0.25) is 9.78 Å². The van der Waals surface area contributed by atoms with E-state index in [4.69, 9.17) is 0 Å². The molecule has 1 amide bonds. The first kappa shape index (κ1) is 14.2. The lowest BCUT2D eigenvalue weighted by molar-refractivity contribution is -0.267. The van der Waals surface area contributed by atoms with E-state index in [1.54, 1.807) is 24.3 Å². The summed E-state index contributed by atoms with van der Waals surface area (Å²) in [6.45, 7) is 0. The van der Waals surface area contributed by atoms with Gasteiger partial charge in [-0.25, -0.2) is 0 Å². The Bertz CT molecular complexity index is 654. The number of fused-ring (bicyclic) bond motifs is 1. The molecule has 0 aliphatic rings. The highest BCUT2D eigenvalue weighted by molar-refractivity contribution is 5.98. The molecule has 1 heterocycles. The summed E-state index contributed by atoms with van der Waals surface area (Å²) in [4.78, 5) is 14.8. The van der Waals surface area contributed by atoms with Crippen LogP contribution in [0.4, 0.5) is 27.6 Å². The van der Waals surface area contributed by atoms with Gasteiger partial charge in [0.15, 0.2) is 0 Å². The Balaban J connectivity index is 2.26. The number of hydrogen-bond acceptors (Lipinski definition) is 2. The summed E-state index contributed by atoms with van der Waals surface area (Å²) in [6.07, 6.45) is -4.94. The summed E-state index contributed by atoms with van der Waals surface area (Å²) >= 11 is 0. The first-order valence-electron chi connectivity index (χ1n) is 5.32. The molecule has 1 aromatic heterocycles. The van der Waals surface area contributed by atoms with Crippen molar-refractivity contribution in [1.29, 1.82) is 0 Å². The predicted octanol–water partition coefficient (Wildman–Crippen LogP) is 3.37. The molecule has 1 N–H and O–H groups in total. The molecule has 0 saturated carbocycles. The first-order valence-corrected chi connectivity index (χ1v) is 5.32. The fourth-order valence-corrected chi connectivity index (χ4v) is 1.48. The maximum atomic E-state index is 12.8. The molecule has 0 aliphatic heterocycles. The maximum Gasteiger partial charge on any atom is 0.463 e. The van der Waals surface area contributed by atoms with Crippen molar-refractivity contribution in [2.75, 3.05) is 5.32 Å². The van der Waals surface area contributed by atoms with Gasteiger partial charge in [-0.05, 0) is 12.1 Å². The van der Waals surface area contributed by atoms with E-state index in [-0.39, 0.29) is 5.69 Å². The monoisotopic (exact) mass is 290 g/mol. The minimum atomic E-state index is -5.94. The number of rotatable bonds is 2. The number of halogens is 5. The fourth-order valence-electron chi connectivity index (χ4n) is 1.48. The van der Waals surface area contributed by atoms with E-state index in [9.17, 15) is 26.7 Å². The molecule has 2 rings (SSSR count). The van der Waals surface area contributed by atoms with Gasteiger partial charge in [-0.1, -0.05) is 18.2 Å². The molecule has 0 bridgehead atoms. The third-order valence-electron chi connectivity index (χ3n) is 2.49. The molecule has 0 atom stereocenters. The molecule has 2 aromatic rings. The van der Waals surface area contributed by atoms with Crippen molar-refractivity contribution in [3.63, 3.8) is 0 Å². The molecular formula is C12H7F5N2O. The number of nitrogens with zero attached hydrogens (tertiary/aromatic N) is 1. The molecular weight excluding hydrogens is 283 g/mol. The van der Waals surface area contributed by atoms with E-state index >= 15 is 0 Å². The molecule has 0 radical (unpaired) electrons. The van der Waals surface area contributed by atoms with Gasteiger partial charge in [0.2, 0.25) is 0 Å². The Morgan fingerprint density at radius 1 is 1.10 bits per heavy atom. The number of alkyl halides is 5. The third-order valence-corrected chi connectivity index (χ3v) is 2.49. The summed E-state index contributed by atoms with van der Waals surface area (Å²) in [5.41, 5.74) is 0.283. The Kier molecular flexibility index (Phi) is 3.33. The molecule has 3 nitrogen and oxygen atoms in total. The number of amides is 1. The SMILES string of the molecule is O=C(Nc1cnc2ccccc2c1)C(F)(F)C(F)(F)F. The zero-order valence-electron chi connectivity index (χ0n) is 9.71. The quantitative estimate of drug-likeness (QED) is 0.862. The molecule has 0 aliphatic carbocycles. The molecule has 0 fully saturated rings. The number of hydrogen-bond donors (Lipinski definition) is 1. The molecule has 1 aromatic carbocycles. The summed E-state index contributed by atoms with van der Waals surface area (Å²) in [6, 6.07) is 7.79. The Morgan fingerprint density at radius 3 is 2.40 bits per heavy atom. The van der Waals surface area contributed by atoms with Gasteiger partial charge in [0.1, 0.15) is 0 Å². The number of carbonyl (C=O) groups excluding carboxylic acids is 1. The number of anilines is 1. The Morgan fingerprint density at radius 2 is 1.75 bits per heavy atom. The Labute approximate surface area is 109 Å². The van der Waals surface area contributed by atoms with Crippen LogP contribution < -0.4 is 5.32 Å². The number of aromatic nitrogens is 1. The van der Waals surface area contributed by atoms with Crippen molar-refractivity contribution in [2.24, 2.45) is 0 Å². The van der Waals surface area contributed by atoms with Crippen molar-refractivity contribution >= 4 is 22.5 Å². The van der Waals surface area contributed by atoms with Crippen molar-refractivity contribution in [1.82, 2.24) is 4.98 Å². The molecule has 106 valence electrons. The summed E-state index contributed by atoms with van der Waals surface area (Å²) in [5.74, 6) is -7.90. The highest BCUT2D eigenvalue weighted by Gasteiger charge is 2.63. The van der Waals surface area contributed by atoms with E-state index in [1.165, 1.54) is 11.4 Å². The van der Waals surface area contributed by atoms with Crippen LogP contribution in [0.1, 0.15) is 0 Å². The molecule has 20 heavy (non-hydrogen) atoms. The van der Waals surface area contributed by atoms with Crippen LogP contribution in [0.15, 0.2) is 36.5 Å². The third kappa shape index (κ3) is 2.54. The highest BCUT2D eigenvalue weighted by atomic mass is 19.4. The van der Waals surface area contributed by atoms with Gasteiger partial charge in [-0.2, -0.15) is 22.0 Å². The topological polar surface area (TPSA) is 42.0 Å². The van der Waals surface area contributed by atoms with Gasteiger partial charge in [0, 0.05) is 5.39 Å². The van der Waals surface area contributed by atoms with E-state index in [1.807, 2.05) is 0 Å². The highest BCUT2D eigenvalue weighted by Crippen LogP contribution is 2.36. The van der Waals surface area contributed by atoms with Crippen molar-refractivity contribution < 1.29 is 26.7 Å². The van der Waals surface area contributed by atoms with Crippen LogP contribution >= 0.6 is 0 Å². The van der Waals surface area contributed by atoms with Crippen LogP contribution in [-0.2, 0) is 4.79 Å². The fraction of sp³-hybridized carbons (Fsp3) is 0.167. The van der Waals surface area contributed by atoms with E-state index in [2.05, 4.69) is 4.98 Å². The van der Waals surface area contributed by atoms with E-state index < -0.39 is 18.0 Å². The first-order chi connectivity index (χ1) is 9.22. The average Bonchev–Trinajstić information content (AvgIpc) is 2.37. The van der Waals surface area contributed by atoms with Gasteiger partial charge in [-0.15, -0.1) is 0 Å². The second-order valence-electron chi connectivity index (χ2n) is 3.94. The van der Waals surface area contributed by atoms with Gasteiger partial charge >= 0.3 is 18.0 Å². The summed E-state index contributed by atoms with van der Waals surface area (Å²) in [5, 5.41) is 2.01. The minimum Gasteiger partial charge on any atom is -0.319 e. The van der Waals surface area contributed by atoms with Crippen LogP contribution in [0, 0.1) is 0 Å².